The second-order valence-electron chi connectivity index (χ2n) is 7.09. The molecule has 3 amide bonds. The Bertz CT molecular complexity index is 821. The zero-order valence-electron chi connectivity index (χ0n) is 14.8. The van der Waals surface area contributed by atoms with Gasteiger partial charge in [-0.2, -0.15) is 0 Å². The van der Waals surface area contributed by atoms with Crippen molar-refractivity contribution in [2.45, 2.75) is 31.3 Å². The molecule has 3 heterocycles. The van der Waals surface area contributed by atoms with E-state index in [1.165, 1.54) is 28.4 Å². The van der Waals surface area contributed by atoms with E-state index in [-0.39, 0.29) is 30.2 Å². The molecule has 1 atom stereocenters. The molecular formula is C19H21FN4O2S. The summed E-state index contributed by atoms with van der Waals surface area (Å²) < 4.78 is 13.3. The minimum atomic E-state index is -0.984. The van der Waals surface area contributed by atoms with Gasteiger partial charge in [0, 0.05) is 17.5 Å². The minimum absolute atomic E-state index is 0.0340. The van der Waals surface area contributed by atoms with Gasteiger partial charge in [0.25, 0.3) is 5.91 Å². The van der Waals surface area contributed by atoms with Gasteiger partial charge in [0.2, 0.25) is 0 Å². The van der Waals surface area contributed by atoms with Crippen LogP contribution in [0.25, 0.3) is 0 Å². The molecule has 0 bridgehead atoms. The maximum absolute atomic E-state index is 13.5. The summed E-state index contributed by atoms with van der Waals surface area (Å²) in [5.74, 6) is -0.480. The number of hydrogen-bond donors (Lipinski definition) is 2. The van der Waals surface area contributed by atoms with Crippen molar-refractivity contribution >= 4 is 23.3 Å². The van der Waals surface area contributed by atoms with E-state index in [1.54, 1.807) is 23.8 Å². The Labute approximate surface area is 160 Å². The Balaban J connectivity index is 1.66. The lowest BCUT2D eigenvalue weighted by molar-refractivity contribution is -0.134. The molecule has 2 saturated heterocycles. The van der Waals surface area contributed by atoms with Gasteiger partial charge in [-0.15, -0.1) is 11.3 Å². The minimum Gasteiger partial charge on any atom is -0.322 e. The summed E-state index contributed by atoms with van der Waals surface area (Å²) in [5.41, 5.74) is 1.54. The number of imide groups is 1. The average Bonchev–Trinajstić information content (AvgIpc) is 3.28. The molecule has 0 saturated carbocycles. The van der Waals surface area contributed by atoms with Crippen molar-refractivity contribution in [2.24, 2.45) is 5.92 Å². The van der Waals surface area contributed by atoms with Gasteiger partial charge in [-0.05, 0) is 49.5 Å². The van der Waals surface area contributed by atoms with Crippen molar-refractivity contribution in [3.05, 3.63) is 52.2 Å². The molecule has 2 aromatic rings. The van der Waals surface area contributed by atoms with Crippen LogP contribution in [-0.2, 0) is 17.8 Å². The second-order valence-corrected chi connectivity index (χ2v) is 8.06. The van der Waals surface area contributed by atoms with Crippen LogP contribution in [0.5, 0.6) is 0 Å². The molecule has 0 radical (unpaired) electrons. The third-order valence-electron chi connectivity index (χ3n) is 5.43. The molecule has 1 aromatic heterocycles. The number of rotatable bonds is 5. The molecule has 142 valence electrons. The van der Waals surface area contributed by atoms with Gasteiger partial charge in [0.1, 0.15) is 11.4 Å². The Morgan fingerprint density at radius 1 is 1.22 bits per heavy atom. The average molecular weight is 388 g/mol. The first-order valence-electron chi connectivity index (χ1n) is 9.05. The van der Waals surface area contributed by atoms with Gasteiger partial charge in [-0.25, -0.2) is 9.18 Å². The fourth-order valence-corrected chi connectivity index (χ4v) is 4.63. The number of halogens is 1. The van der Waals surface area contributed by atoms with E-state index in [2.05, 4.69) is 15.6 Å². The van der Waals surface area contributed by atoms with Gasteiger partial charge in [-0.3, -0.25) is 14.7 Å². The lowest BCUT2D eigenvalue weighted by Gasteiger charge is -2.38. The fourth-order valence-electron chi connectivity index (χ4n) is 4.04. The van der Waals surface area contributed by atoms with Crippen LogP contribution >= 0.6 is 11.3 Å². The van der Waals surface area contributed by atoms with Crippen molar-refractivity contribution in [3.63, 3.8) is 0 Å². The van der Waals surface area contributed by atoms with Crippen molar-refractivity contribution in [1.29, 1.82) is 0 Å². The SMILES string of the molecule is O=C1N[C@@](Cc2ccc(F)cc2)(C2CCNCC2)C(=O)N1Cc1cncs1. The van der Waals surface area contributed by atoms with Gasteiger partial charge >= 0.3 is 6.03 Å². The van der Waals surface area contributed by atoms with E-state index >= 15 is 0 Å². The van der Waals surface area contributed by atoms with Crippen LogP contribution in [0.15, 0.2) is 36.0 Å². The third kappa shape index (κ3) is 3.46. The summed E-state index contributed by atoms with van der Waals surface area (Å²) in [4.78, 5) is 32.4. The van der Waals surface area contributed by atoms with Crippen LogP contribution in [0, 0.1) is 11.7 Å². The monoisotopic (exact) mass is 388 g/mol. The van der Waals surface area contributed by atoms with Gasteiger partial charge in [0.15, 0.2) is 0 Å². The largest absolute Gasteiger partial charge is 0.325 e. The summed E-state index contributed by atoms with van der Waals surface area (Å²) in [6.45, 7) is 1.85. The highest BCUT2D eigenvalue weighted by Crippen LogP contribution is 2.36. The maximum Gasteiger partial charge on any atom is 0.325 e. The van der Waals surface area contributed by atoms with Gasteiger partial charge in [0.05, 0.1) is 12.1 Å². The number of aromatic nitrogens is 1. The van der Waals surface area contributed by atoms with Crippen molar-refractivity contribution in [1.82, 2.24) is 20.5 Å². The molecule has 4 rings (SSSR count). The number of benzene rings is 1. The van der Waals surface area contributed by atoms with E-state index in [0.717, 1.165) is 36.4 Å². The lowest BCUT2D eigenvalue weighted by Crippen LogP contribution is -2.57. The molecule has 0 unspecified atom stereocenters. The smallest absolute Gasteiger partial charge is 0.322 e. The van der Waals surface area contributed by atoms with Crippen LogP contribution in [0.2, 0.25) is 0 Å². The highest BCUT2D eigenvalue weighted by atomic mass is 32.1. The van der Waals surface area contributed by atoms with Crippen LogP contribution < -0.4 is 10.6 Å². The number of carbonyl (C=O) groups is 2. The van der Waals surface area contributed by atoms with Gasteiger partial charge < -0.3 is 10.6 Å². The molecule has 2 aliphatic heterocycles. The topological polar surface area (TPSA) is 74.3 Å². The summed E-state index contributed by atoms with van der Waals surface area (Å²) in [6, 6.07) is 5.78. The Morgan fingerprint density at radius 2 is 1.96 bits per heavy atom. The molecule has 27 heavy (non-hydrogen) atoms. The Kier molecular flexibility index (Phi) is 4.92. The van der Waals surface area contributed by atoms with E-state index < -0.39 is 5.54 Å². The maximum atomic E-state index is 13.5. The summed E-state index contributed by atoms with van der Waals surface area (Å²) in [6.07, 6.45) is 3.65. The highest BCUT2D eigenvalue weighted by Gasteiger charge is 2.55. The van der Waals surface area contributed by atoms with E-state index in [0.29, 0.717) is 6.42 Å². The van der Waals surface area contributed by atoms with E-state index in [1.807, 2.05) is 0 Å². The number of amides is 3. The lowest BCUT2D eigenvalue weighted by atomic mass is 9.74. The van der Waals surface area contributed by atoms with Crippen molar-refractivity contribution in [2.75, 3.05) is 13.1 Å². The molecule has 2 aliphatic rings. The molecule has 1 aromatic carbocycles. The molecule has 6 nitrogen and oxygen atoms in total. The number of urea groups is 1. The second kappa shape index (κ2) is 7.36. The first-order valence-corrected chi connectivity index (χ1v) is 9.93. The first kappa shape index (κ1) is 18.1. The number of piperidine rings is 1. The standard InChI is InChI=1S/C19H21FN4O2S/c20-15-3-1-13(2-4-15)9-19(14-5-7-21-8-6-14)17(25)24(18(26)23-19)11-16-10-22-12-27-16/h1-4,10,12,14,21H,5-9,11H2,(H,23,26)/t19-/m0/s1. The Hall–Kier alpha value is -2.32. The highest BCUT2D eigenvalue weighted by molar-refractivity contribution is 7.09. The Morgan fingerprint density at radius 3 is 2.63 bits per heavy atom. The molecule has 0 aliphatic carbocycles. The van der Waals surface area contributed by atoms with E-state index in [4.69, 9.17) is 0 Å². The zero-order valence-corrected chi connectivity index (χ0v) is 15.6. The number of thiazole rings is 1. The quantitative estimate of drug-likeness (QED) is 0.771. The summed E-state index contributed by atoms with van der Waals surface area (Å²) in [7, 11) is 0. The fraction of sp³-hybridized carbons (Fsp3) is 0.421. The van der Waals surface area contributed by atoms with Gasteiger partial charge in [-0.1, -0.05) is 12.1 Å². The molecule has 0 spiro atoms. The zero-order chi connectivity index (χ0) is 18.9. The van der Waals surface area contributed by atoms with Crippen LogP contribution in [-0.4, -0.2) is 40.5 Å². The predicted octanol–water partition coefficient (Wildman–Crippen LogP) is 2.32. The van der Waals surface area contributed by atoms with Crippen molar-refractivity contribution in [3.8, 4) is 0 Å². The van der Waals surface area contributed by atoms with Crippen LogP contribution in [0.1, 0.15) is 23.3 Å². The molecular weight excluding hydrogens is 367 g/mol. The summed E-state index contributed by atoms with van der Waals surface area (Å²) in [5, 5.41) is 6.32. The number of nitrogens with one attached hydrogen (secondary N) is 2. The van der Waals surface area contributed by atoms with Crippen LogP contribution in [0.4, 0.5) is 9.18 Å². The number of nitrogens with zero attached hydrogens (tertiary/aromatic N) is 2. The molecule has 2 N–H and O–H groups in total. The number of hydrogen-bond acceptors (Lipinski definition) is 5. The first-order chi connectivity index (χ1) is 13.1. The molecule has 8 heteroatoms. The summed E-state index contributed by atoms with van der Waals surface area (Å²) >= 11 is 1.42. The predicted molar refractivity (Wildman–Crippen MR) is 99.6 cm³/mol. The number of carbonyl (C=O) groups excluding carboxylic acids is 2. The third-order valence-corrected chi connectivity index (χ3v) is 6.20. The van der Waals surface area contributed by atoms with Crippen LogP contribution in [0.3, 0.4) is 0 Å². The van der Waals surface area contributed by atoms with Crippen molar-refractivity contribution < 1.29 is 14.0 Å². The normalized spacial score (nSPS) is 23.7. The molecule has 2 fully saturated rings. The van der Waals surface area contributed by atoms with E-state index in [9.17, 15) is 14.0 Å².